The van der Waals surface area contributed by atoms with Crippen LogP contribution in [-0.4, -0.2) is 21.0 Å². The third-order valence-electron chi connectivity index (χ3n) is 2.22. The van der Waals surface area contributed by atoms with Gasteiger partial charge < -0.3 is 10.4 Å². The summed E-state index contributed by atoms with van der Waals surface area (Å²) >= 11 is 5.69. The summed E-state index contributed by atoms with van der Waals surface area (Å²) in [5, 5.41) is 12.5. The van der Waals surface area contributed by atoms with Gasteiger partial charge in [0.05, 0.1) is 17.6 Å². The van der Waals surface area contributed by atoms with Crippen LogP contribution in [0.15, 0.2) is 30.6 Å². The van der Waals surface area contributed by atoms with Crippen molar-refractivity contribution in [2.75, 3.05) is 5.32 Å². The highest BCUT2D eigenvalue weighted by atomic mass is 35.5. The third-order valence-corrected chi connectivity index (χ3v) is 2.46. The van der Waals surface area contributed by atoms with E-state index in [0.717, 1.165) is 5.69 Å². The number of aromatic nitrogens is 2. The average molecular weight is 264 g/mol. The Morgan fingerprint density at radius 1 is 1.33 bits per heavy atom. The van der Waals surface area contributed by atoms with Crippen LogP contribution in [0.2, 0.25) is 5.02 Å². The van der Waals surface area contributed by atoms with E-state index < -0.39 is 5.91 Å². The fraction of sp³-hybridized carbons (Fsp3) is 0.0833. The molecule has 2 N–H and O–H groups in total. The predicted molar refractivity (Wildman–Crippen MR) is 67.8 cm³/mol. The van der Waals surface area contributed by atoms with Crippen molar-refractivity contribution in [3.8, 4) is 5.75 Å². The number of carbonyl (C=O) groups excluding carboxylic acids is 1. The molecule has 0 aliphatic rings. The number of hydrogen-bond donors (Lipinski definition) is 2. The molecule has 0 spiro atoms. The summed E-state index contributed by atoms with van der Waals surface area (Å²) in [7, 11) is 0. The Morgan fingerprint density at radius 2 is 2.11 bits per heavy atom. The van der Waals surface area contributed by atoms with E-state index in [2.05, 4.69) is 15.3 Å². The number of aryl methyl sites for hydroxylation is 1. The van der Waals surface area contributed by atoms with Crippen LogP contribution in [0.25, 0.3) is 0 Å². The molecule has 0 unspecified atom stereocenters. The molecule has 2 aromatic rings. The van der Waals surface area contributed by atoms with Gasteiger partial charge in [-0.15, -0.1) is 0 Å². The van der Waals surface area contributed by atoms with Gasteiger partial charge in [-0.1, -0.05) is 11.6 Å². The number of nitrogens with one attached hydrogen (secondary N) is 1. The Morgan fingerprint density at radius 3 is 2.72 bits per heavy atom. The Kier molecular flexibility index (Phi) is 3.43. The number of aromatic hydroxyl groups is 1. The summed E-state index contributed by atoms with van der Waals surface area (Å²) in [5.74, 6) is -0.545. The lowest BCUT2D eigenvalue weighted by Gasteiger charge is -2.06. The summed E-state index contributed by atoms with van der Waals surface area (Å²) in [5.41, 5.74) is 1.17. The van der Waals surface area contributed by atoms with Gasteiger partial charge in [0.25, 0.3) is 5.91 Å². The summed E-state index contributed by atoms with van der Waals surface area (Å²) in [4.78, 5) is 19.7. The van der Waals surface area contributed by atoms with E-state index in [-0.39, 0.29) is 17.1 Å². The molecule has 5 nitrogen and oxygen atoms in total. The third kappa shape index (κ3) is 2.75. The Labute approximate surface area is 108 Å². The molecule has 0 fully saturated rings. The number of benzene rings is 1. The minimum atomic E-state index is -0.444. The van der Waals surface area contributed by atoms with Crippen LogP contribution in [0.5, 0.6) is 5.75 Å². The maximum absolute atomic E-state index is 11.8. The summed E-state index contributed by atoms with van der Waals surface area (Å²) in [6.45, 7) is 1.78. The SMILES string of the molecule is Cc1cnc(C(=O)Nc2ccc(Cl)cc2O)cn1. The molecule has 0 saturated heterocycles. The number of phenols is 1. The van der Waals surface area contributed by atoms with Gasteiger partial charge >= 0.3 is 0 Å². The number of hydrogen-bond acceptors (Lipinski definition) is 4. The number of halogens is 1. The molecule has 0 saturated carbocycles. The van der Waals surface area contributed by atoms with Gasteiger partial charge in [-0.2, -0.15) is 0 Å². The van der Waals surface area contributed by atoms with Crippen LogP contribution >= 0.6 is 11.6 Å². The fourth-order valence-corrected chi connectivity index (χ4v) is 1.47. The van der Waals surface area contributed by atoms with Crippen LogP contribution in [-0.2, 0) is 0 Å². The highest BCUT2D eigenvalue weighted by Crippen LogP contribution is 2.26. The second kappa shape index (κ2) is 5.01. The molecule has 1 aromatic heterocycles. The van der Waals surface area contributed by atoms with Crippen molar-refractivity contribution in [3.63, 3.8) is 0 Å². The summed E-state index contributed by atoms with van der Waals surface area (Å²) in [6, 6.07) is 4.42. The van der Waals surface area contributed by atoms with Gasteiger partial charge in [0.15, 0.2) is 0 Å². The molecule has 2 rings (SSSR count). The van der Waals surface area contributed by atoms with Gasteiger partial charge in [-0.25, -0.2) is 4.98 Å². The molecule has 0 aliphatic heterocycles. The lowest BCUT2D eigenvalue weighted by Crippen LogP contribution is -2.14. The lowest BCUT2D eigenvalue weighted by molar-refractivity contribution is 0.102. The van der Waals surface area contributed by atoms with E-state index >= 15 is 0 Å². The Hall–Kier alpha value is -2.14. The average Bonchev–Trinajstić information content (AvgIpc) is 2.33. The maximum atomic E-state index is 11.8. The first kappa shape index (κ1) is 12.3. The molecule has 0 atom stereocenters. The normalized spacial score (nSPS) is 10.1. The van der Waals surface area contributed by atoms with Crippen LogP contribution in [0.3, 0.4) is 0 Å². The van der Waals surface area contributed by atoms with Crippen molar-refractivity contribution in [1.29, 1.82) is 0 Å². The highest BCUT2D eigenvalue weighted by molar-refractivity contribution is 6.30. The molecule has 0 aliphatic carbocycles. The van der Waals surface area contributed by atoms with E-state index in [9.17, 15) is 9.90 Å². The molecular formula is C12H10ClN3O2. The second-order valence-corrected chi connectivity index (χ2v) is 4.10. The largest absolute Gasteiger partial charge is 0.506 e. The van der Waals surface area contributed by atoms with Gasteiger partial charge in [-0.3, -0.25) is 9.78 Å². The molecule has 0 bridgehead atoms. The minimum absolute atomic E-state index is 0.101. The molecule has 0 radical (unpaired) electrons. The van der Waals surface area contributed by atoms with Crippen LogP contribution < -0.4 is 5.32 Å². The number of nitrogens with zero attached hydrogens (tertiary/aromatic N) is 2. The van der Waals surface area contributed by atoms with Crippen LogP contribution in [0, 0.1) is 6.92 Å². The van der Waals surface area contributed by atoms with E-state index in [1.807, 2.05) is 0 Å². The molecule has 18 heavy (non-hydrogen) atoms. The number of rotatable bonds is 2. The zero-order valence-electron chi connectivity index (χ0n) is 9.51. The molecule has 1 aromatic carbocycles. The van der Waals surface area contributed by atoms with Crippen molar-refractivity contribution in [3.05, 3.63) is 47.0 Å². The van der Waals surface area contributed by atoms with Crippen molar-refractivity contribution >= 4 is 23.2 Å². The van der Waals surface area contributed by atoms with Crippen molar-refractivity contribution in [1.82, 2.24) is 9.97 Å². The smallest absolute Gasteiger partial charge is 0.275 e. The monoisotopic (exact) mass is 263 g/mol. The fourth-order valence-electron chi connectivity index (χ4n) is 1.31. The quantitative estimate of drug-likeness (QED) is 0.816. The summed E-state index contributed by atoms with van der Waals surface area (Å²) in [6.07, 6.45) is 2.87. The van der Waals surface area contributed by atoms with Gasteiger partial charge in [0, 0.05) is 17.3 Å². The molecule has 1 heterocycles. The van der Waals surface area contributed by atoms with Crippen LogP contribution in [0.4, 0.5) is 5.69 Å². The zero-order valence-corrected chi connectivity index (χ0v) is 10.3. The summed E-state index contributed by atoms with van der Waals surface area (Å²) < 4.78 is 0. The van der Waals surface area contributed by atoms with Crippen molar-refractivity contribution in [2.24, 2.45) is 0 Å². The molecule has 6 heteroatoms. The van der Waals surface area contributed by atoms with E-state index in [1.165, 1.54) is 24.5 Å². The highest BCUT2D eigenvalue weighted by Gasteiger charge is 2.10. The predicted octanol–water partition coefficient (Wildman–Crippen LogP) is 2.40. The van der Waals surface area contributed by atoms with E-state index in [4.69, 9.17) is 11.6 Å². The van der Waals surface area contributed by atoms with E-state index in [0.29, 0.717) is 5.02 Å². The molecular weight excluding hydrogens is 254 g/mol. The zero-order chi connectivity index (χ0) is 13.1. The Balaban J connectivity index is 2.18. The van der Waals surface area contributed by atoms with Crippen molar-refractivity contribution in [2.45, 2.75) is 6.92 Å². The number of amides is 1. The van der Waals surface area contributed by atoms with Crippen molar-refractivity contribution < 1.29 is 9.90 Å². The first-order chi connectivity index (χ1) is 8.56. The van der Waals surface area contributed by atoms with Gasteiger partial charge in [0.2, 0.25) is 0 Å². The van der Waals surface area contributed by atoms with Gasteiger partial charge in [0.1, 0.15) is 11.4 Å². The number of carbonyl (C=O) groups is 1. The topological polar surface area (TPSA) is 75.1 Å². The standard InChI is InChI=1S/C12H10ClN3O2/c1-7-5-15-10(6-14-7)12(18)16-9-3-2-8(13)4-11(9)17/h2-6,17H,1H3,(H,16,18). The number of phenolic OH excluding ortho intramolecular Hbond substituents is 1. The minimum Gasteiger partial charge on any atom is -0.506 e. The van der Waals surface area contributed by atoms with Gasteiger partial charge in [-0.05, 0) is 19.1 Å². The maximum Gasteiger partial charge on any atom is 0.275 e. The first-order valence-electron chi connectivity index (χ1n) is 5.15. The molecule has 92 valence electrons. The second-order valence-electron chi connectivity index (χ2n) is 3.66. The first-order valence-corrected chi connectivity index (χ1v) is 5.52. The van der Waals surface area contributed by atoms with E-state index in [1.54, 1.807) is 13.0 Å². The molecule has 1 amide bonds. The Bertz CT molecular complexity index is 584. The number of anilines is 1. The van der Waals surface area contributed by atoms with Crippen LogP contribution in [0.1, 0.15) is 16.2 Å². The lowest BCUT2D eigenvalue weighted by atomic mass is 10.3.